The van der Waals surface area contributed by atoms with Crippen molar-refractivity contribution >= 4 is 22.4 Å². The van der Waals surface area contributed by atoms with Gasteiger partial charge in [0.15, 0.2) is 5.13 Å². The van der Waals surface area contributed by atoms with Gasteiger partial charge in [-0.1, -0.05) is 0 Å². The number of aromatic nitrogens is 1. The number of thiazole rings is 1. The van der Waals surface area contributed by atoms with Crippen LogP contribution >= 0.6 is 11.3 Å². The van der Waals surface area contributed by atoms with Crippen molar-refractivity contribution in [2.45, 2.75) is 39.2 Å². The lowest BCUT2D eigenvalue weighted by molar-refractivity contribution is -0.133. The van der Waals surface area contributed by atoms with Gasteiger partial charge in [-0.3, -0.25) is 10.1 Å². The lowest BCUT2D eigenvalue weighted by Gasteiger charge is -2.20. The number of nitrogens with zero attached hydrogens (tertiary/aromatic N) is 1. The van der Waals surface area contributed by atoms with Gasteiger partial charge in [0.25, 0.3) is 5.91 Å². The van der Waals surface area contributed by atoms with Crippen molar-refractivity contribution in [1.82, 2.24) is 4.98 Å². The second kappa shape index (κ2) is 6.53. The summed E-state index contributed by atoms with van der Waals surface area (Å²) in [7, 11) is 1.67. The summed E-state index contributed by atoms with van der Waals surface area (Å²) in [6.45, 7) is 6.51. The number of ether oxygens (including phenoxy) is 2. The molecule has 1 aliphatic heterocycles. The second-order valence-electron chi connectivity index (χ2n) is 6.31. The molecule has 1 atom stereocenters. The largest absolute Gasteiger partial charge is 0.496 e. The van der Waals surface area contributed by atoms with E-state index in [9.17, 15) is 4.79 Å². The average Bonchev–Trinajstić information content (AvgIpc) is 3.19. The molecular weight excluding hydrogens is 324 g/mol. The third-order valence-corrected chi connectivity index (χ3v) is 5.20. The first-order valence-electron chi connectivity index (χ1n) is 7.99. The molecule has 5 nitrogen and oxygen atoms in total. The topological polar surface area (TPSA) is 60.5 Å². The highest BCUT2D eigenvalue weighted by Gasteiger charge is 2.38. The van der Waals surface area contributed by atoms with Crippen LogP contribution in [0.2, 0.25) is 0 Å². The van der Waals surface area contributed by atoms with Gasteiger partial charge in [-0.05, 0) is 56.9 Å². The molecular formula is C18H22N2O3S. The maximum Gasteiger partial charge on any atom is 0.258 e. The molecule has 1 amide bonds. The van der Waals surface area contributed by atoms with Crippen LogP contribution in [-0.2, 0) is 9.53 Å². The van der Waals surface area contributed by atoms with E-state index < -0.39 is 5.60 Å². The highest BCUT2D eigenvalue weighted by Crippen LogP contribution is 2.33. The first kappa shape index (κ1) is 16.9. The van der Waals surface area contributed by atoms with Crippen LogP contribution in [0.1, 0.15) is 30.9 Å². The highest BCUT2D eigenvalue weighted by molar-refractivity contribution is 7.14. The van der Waals surface area contributed by atoms with Gasteiger partial charge in [0.05, 0.1) is 12.8 Å². The number of carbonyl (C=O) groups excluding carboxylic acids is 1. The minimum absolute atomic E-state index is 0.122. The standard InChI is InChI=1S/C18H22N2O3S/c1-11-9-15(22-4)12(2)8-13(11)14-10-24-17(19-14)20-16(21)18(3)6-5-7-23-18/h8-10H,5-7H2,1-4H3,(H,19,20,21). The Morgan fingerprint density at radius 1 is 1.38 bits per heavy atom. The summed E-state index contributed by atoms with van der Waals surface area (Å²) in [6.07, 6.45) is 1.66. The molecule has 2 aromatic rings. The number of amides is 1. The van der Waals surface area contributed by atoms with E-state index in [4.69, 9.17) is 9.47 Å². The Morgan fingerprint density at radius 3 is 2.83 bits per heavy atom. The number of rotatable bonds is 4. The smallest absolute Gasteiger partial charge is 0.258 e. The first-order valence-corrected chi connectivity index (χ1v) is 8.87. The van der Waals surface area contributed by atoms with Crippen LogP contribution in [0.25, 0.3) is 11.3 Å². The van der Waals surface area contributed by atoms with Crippen molar-refractivity contribution in [2.24, 2.45) is 0 Å². The molecule has 3 rings (SSSR count). The Morgan fingerprint density at radius 2 is 2.17 bits per heavy atom. The number of hydrogen-bond donors (Lipinski definition) is 1. The SMILES string of the molecule is COc1cc(C)c(-c2csc(NC(=O)C3(C)CCCO3)n2)cc1C. The number of benzene rings is 1. The molecule has 0 spiro atoms. The molecule has 1 saturated heterocycles. The van der Waals surface area contributed by atoms with Gasteiger partial charge in [-0.15, -0.1) is 11.3 Å². The van der Waals surface area contributed by atoms with Gasteiger partial charge in [0.2, 0.25) is 0 Å². The molecule has 1 N–H and O–H groups in total. The lowest BCUT2D eigenvalue weighted by Crippen LogP contribution is -2.39. The zero-order valence-electron chi connectivity index (χ0n) is 14.4. The summed E-state index contributed by atoms with van der Waals surface area (Å²) in [5.41, 5.74) is 3.32. The van der Waals surface area contributed by atoms with Crippen LogP contribution < -0.4 is 10.1 Å². The highest BCUT2D eigenvalue weighted by atomic mass is 32.1. The van der Waals surface area contributed by atoms with Crippen LogP contribution in [0.4, 0.5) is 5.13 Å². The molecule has 2 heterocycles. The summed E-state index contributed by atoms with van der Waals surface area (Å²) in [5.74, 6) is 0.745. The van der Waals surface area contributed by atoms with Gasteiger partial charge in [0.1, 0.15) is 11.4 Å². The number of nitrogens with one attached hydrogen (secondary N) is 1. The van der Waals surface area contributed by atoms with Crippen LogP contribution in [-0.4, -0.2) is 30.2 Å². The molecule has 1 aliphatic rings. The van der Waals surface area contributed by atoms with Gasteiger partial charge >= 0.3 is 0 Å². The van der Waals surface area contributed by atoms with Crippen molar-refractivity contribution in [3.63, 3.8) is 0 Å². The Labute approximate surface area is 146 Å². The Kier molecular flexibility index (Phi) is 4.60. The predicted octanol–water partition coefficient (Wildman–Crippen LogP) is 3.94. The predicted molar refractivity (Wildman–Crippen MR) is 95.8 cm³/mol. The van der Waals surface area contributed by atoms with E-state index in [2.05, 4.69) is 16.4 Å². The monoisotopic (exact) mass is 346 g/mol. The van der Waals surface area contributed by atoms with E-state index in [0.29, 0.717) is 11.7 Å². The lowest BCUT2D eigenvalue weighted by atomic mass is 10.0. The van der Waals surface area contributed by atoms with Gasteiger partial charge in [-0.2, -0.15) is 0 Å². The molecule has 1 unspecified atom stereocenters. The van der Waals surface area contributed by atoms with Gasteiger partial charge in [0, 0.05) is 17.6 Å². The second-order valence-corrected chi connectivity index (χ2v) is 7.17. The molecule has 1 aromatic carbocycles. The molecule has 128 valence electrons. The van der Waals surface area contributed by atoms with E-state index in [1.165, 1.54) is 11.3 Å². The maximum atomic E-state index is 12.4. The fourth-order valence-electron chi connectivity index (χ4n) is 2.93. The average molecular weight is 346 g/mol. The fourth-order valence-corrected chi connectivity index (χ4v) is 3.63. The zero-order chi connectivity index (χ0) is 17.3. The van der Waals surface area contributed by atoms with E-state index in [0.717, 1.165) is 41.0 Å². The summed E-state index contributed by atoms with van der Waals surface area (Å²) < 4.78 is 10.9. The molecule has 0 radical (unpaired) electrons. The molecule has 24 heavy (non-hydrogen) atoms. The number of carbonyl (C=O) groups is 1. The van der Waals surface area contributed by atoms with Crippen molar-refractivity contribution in [3.05, 3.63) is 28.6 Å². The minimum atomic E-state index is -0.738. The van der Waals surface area contributed by atoms with Crippen molar-refractivity contribution in [3.8, 4) is 17.0 Å². The number of aryl methyl sites for hydroxylation is 2. The molecule has 6 heteroatoms. The fraction of sp³-hybridized carbons (Fsp3) is 0.444. The summed E-state index contributed by atoms with van der Waals surface area (Å²) >= 11 is 1.42. The molecule has 0 saturated carbocycles. The normalized spacial score (nSPS) is 20.2. The van der Waals surface area contributed by atoms with Crippen LogP contribution in [0.3, 0.4) is 0 Å². The maximum absolute atomic E-state index is 12.4. The third-order valence-electron chi connectivity index (χ3n) is 4.44. The van der Waals surface area contributed by atoms with Crippen molar-refractivity contribution in [2.75, 3.05) is 19.0 Å². The molecule has 0 bridgehead atoms. The number of anilines is 1. The van der Waals surface area contributed by atoms with Gasteiger partial charge < -0.3 is 9.47 Å². The van der Waals surface area contributed by atoms with Crippen molar-refractivity contribution in [1.29, 1.82) is 0 Å². The third kappa shape index (κ3) is 3.16. The van der Waals surface area contributed by atoms with E-state index in [1.807, 2.05) is 32.2 Å². The first-order chi connectivity index (χ1) is 11.4. The van der Waals surface area contributed by atoms with Crippen molar-refractivity contribution < 1.29 is 14.3 Å². The number of hydrogen-bond acceptors (Lipinski definition) is 5. The van der Waals surface area contributed by atoms with E-state index in [1.54, 1.807) is 7.11 Å². The summed E-state index contributed by atoms with van der Waals surface area (Å²) in [6, 6.07) is 4.08. The summed E-state index contributed by atoms with van der Waals surface area (Å²) in [4.78, 5) is 17.0. The molecule has 0 aliphatic carbocycles. The Bertz CT molecular complexity index is 764. The molecule has 1 aromatic heterocycles. The van der Waals surface area contributed by atoms with E-state index in [-0.39, 0.29) is 5.91 Å². The Balaban J connectivity index is 1.81. The quantitative estimate of drug-likeness (QED) is 0.911. The van der Waals surface area contributed by atoms with Crippen LogP contribution in [0.15, 0.2) is 17.5 Å². The summed E-state index contributed by atoms with van der Waals surface area (Å²) in [5, 5.41) is 5.45. The molecule has 1 fully saturated rings. The van der Waals surface area contributed by atoms with E-state index >= 15 is 0 Å². The number of methoxy groups -OCH3 is 1. The van der Waals surface area contributed by atoms with Crippen LogP contribution in [0.5, 0.6) is 5.75 Å². The van der Waals surface area contributed by atoms with Crippen LogP contribution in [0, 0.1) is 13.8 Å². The minimum Gasteiger partial charge on any atom is -0.496 e. The Hall–Kier alpha value is -1.92. The van der Waals surface area contributed by atoms with Gasteiger partial charge in [-0.25, -0.2) is 4.98 Å². The zero-order valence-corrected chi connectivity index (χ0v) is 15.3.